The van der Waals surface area contributed by atoms with Crippen LogP contribution in [-0.2, 0) is 0 Å². The maximum Gasteiger partial charge on any atom is 0.119 e. The molecule has 0 aliphatic rings. The topological polar surface area (TPSA) is 36.3 Å². The molecule has 1 aromatic heterocycles. The van der Waals surface area contributed by atoms with Gasteiger partial charge in [-0.2, -0.15) is 5.10 Å². The first kappa shape index (κ1) is 19.1. The number of fused-ring (bicyclic) bond motifs is 1. The van der Waals surface area contributed by atoms with Crippen LogP contribution in [0, 0.1) is 0 Å². The van der Waals surface area contributed by atoms with Crippen molar-refractivity contribution in [1.82, 2.24) is 9.78 Å². The van der Waals surface area contributed by atoms with Crippen LogP contribution in [0.1, 0.15) is 27.7 Å². The number of hydrogen-bond donors (Lipinski definition) is 0. The van der Waals surface area contributed by atoms with Crippen molar-refractivity contribution in [2.24, 2.45) is 0 Å². The van der Waals surface area contributed by atoms with Crippen molar-refractivity contribution >= 4 is 10.9 Å². The van der Waals surface area contributed by atoms with Crippen molar-refractivity contribution in [3.05, 3.63) is 72.9 Å². The standard InChI is InChI=1S/C25H26N2O2/c1-17(2)28-23-11-7-19(8-12-23)20-5-6-21-16-26-27(25(21)15-20)22-9-13-24(14-10-22)29-18(3)4/h5-18H,1-4H3. The molecule has 0 aliphatic heterocycles. The second kappa shape index (κ2) is 8.00. The van der Waals surface area contributed by atoms with E-state index in [1.807, 2.05) is 75.0 Å². The maximum absolute atomic E-state index is 5.75. The first-order valence-corrected chi connectivity index (χ1v) is 10.0. The molecule has 0 aliphatic carbocycles. The Morgan fingerprint density at radius 3 is 1.83 bits per heavy atom. The molecule has 4 heteroatoms. The predicted molar refractivity (Wildman–Crippen MR) is 118 cm³/mol. The van der Waals surface area contributed by atoms with E-state index < -0.39 is 0 Å². The third-order valence-electron chi connectivity index (χ3n) is 4.58. The lowest BCUT2D eigenvalue weighted by molar-refractivity contribution is 0.242. The van der Waals surface area contributed by atoms with E-state index in [2.05, 4.69) is 35.4 Å². The Bertz CT molecular complexity index is 1090. The second-order valence-electron chi connectivity index (χ2n) is 7.68. The number of nitrogens with zero attached hydrogens (tertiary/aromatic N) is 2. The molecule has 0 saturated heterocycles. The van der Waals surface area contributed by atoms with Gasteiger partial charge in [-0.15, -0.1) is 0 Å². The molecule has 0 atom stereocenters. The van der Waals surface area contributed by atoms with Crippen LogP contribution in [0.3, 0.4) is 0 Å². The van der Waals surface area contributed by atoms with Gasteiger partial charge in [-0.25, -0.2) is 4.68 Å². The molecule has 4 aromatic rings. The Labute approximate surface area is 171 Å². The summed E-state index contributed by atoms with van der Waals surface area (Å²) < 4.78 is 13.5. The minimum atomic E-state index is 0.159. The van der Waals surface area contributed by atoms with Gasteiger partial charge in [0.05, 0.1) is 29.6 Å². The molecule has 0 saturated carbocycles. The average Bonchev–Trinajstić information content (AvgIpc) is 3.11. The summed E-state index contributed by atoms with van der Waals surface area (Å²) in [6, 6.07) is 22.7. The van der Waals surface area contributed by atoms with Gasteiger partial charge in [-0.3, -0.25) is 0 Å². The summed E-state index contributed by atoms with van der Waals surface area (Å²) >= 11 is 0. The van der Waals surface area contributed by atoms with Crippen LogP contribution in [-0.4, -0.2) is 22.0 Å². The zero-order valence-electron chi connectivity index (χ0n) is 17.3. The summed E-state index contributed by atoms with van der Waals surface area (Å²) in [5.41, 5.74) is 4.38. The lowest BCUT2D eigenvalue weighted by Crippen LogP contribution is -2.05. The van der Waals surface area contributed by atoms with Crippen LogP contribution in [0.2, 0.25) is 0 Å². The summed E-state index contributed by atoms with van der Waals surface area (Å²) in [4.78, 5) is 0. The van der Waals surface area contributed by atoms with Crippen LogP contribution in [0.5, 0.6) is 11.5 Å². The Hall–Kier alpha value is -3.27. The van der Waals surface area contributed by atoms with Crippen molar-refractivity contribution in [2.75, 3.05) is 0 Å². The molecule has 0 unspecified atom stereocenters. The third kappa shape index (κ3) is 4.27. The van der Waals surface area contributed by atoms with E-state index in [-0.39, 0.29) is 12.2 Å². The summed E-state index contributed by atoms with van der Waals surface area (Å²) in [6.07, 6.45) is 2.23. The van der Waals surface area contributed by atoms with Gasteiger partial charge in [0.1, 0.15) is 11.5 Å². The fourth-order valence-corrected chi connectivity index (χ4v) is 3.34. The summed E-state index contributed by atoms with van der Waals surface area (Å²) in [5, 5.41) is 5.70. The number of rotatable bonds is 6. The van der Waals surface area contributed by atoms with Gasteiger partial charge in [0.25, 0.3) is 0 Å². The second-order valence-corrected chi connectivity index (χ2v) is 7.68. The number of benzene rings is 3. The van der Waals surface area contributed by atoms with E-state index in [4.69, 9.17) is 9.47 Å². The highest BCUT2D eigenvalue weighted by Crippen LogP contribution is 2.28. The monoisotopic (exact) mass is 386 g/mol. The molecule has 1 heterocycles. The van der Waals surface area contributed by atoms with Crippen molar-refractivity contribution in [3.8, 4) is 28.3 Å². The molecule has 0 N–H and O–H groups in total. The Morgan fingerprint density at radius 2 is 1.24 bits per heavy atom. The average molecular weight is 386 g/mol. The summed E-state index contributed by atoms with van der Waals surface area (Å²) in [7, 11) is 0. The van der Waals surface area contributed by atoms with Crippen LogP contribution < -0.4 is 9.47 Å². The van der Waals surface area contributed by atoms with Gasteiger partial charge < -0.3 is 9.47 Å². The molecule has 29 heavy (non-hydrogen) atoms. The van der Waals surface area contributed by atoms with Crippen LogP contribution in [0.25, 0.3) is 27.7 Å². The smallest absolute Gasteiger partial charge is 0.119 e. The van der Waals surface area contributed by atoms with Gasteiger partial charge in [0.15, 0.2) is 0 Å². The molecule has 0 fully saturated rings. The minimum Gasteiger partial charge on any atom is -0.491 e. The van der Waals surface area contributed by atoms with Gasteiger partial charge in [-0.1, -0.05) is 24.3 Å². The fourth-order valence-electron chi connectivity index (χ4n) is 3.34. The van der Waals surface area contributed by atoms with Gasteiger partial charge >= 0.3 is 0 Å². The van der Waals surface area contributed by atoms with Crippen molar-refractivity contribution < 1.29 is 9.47 Å². The molecule has 4 rings (SSSR count). The molecular formula is C25H26N2O2. The van der Waals surface area contributed by atoms with Crippen LogP contribution in [0.4, 0.5) is 0 Å². The molecule has 4 nitrogen and oxygen atoms in total. The van der Waals surface area contributed by atoms with E-state index in [1.54, 1.807) is 0 Å². The van der Waals surface area contributed by atoms with Gasteiger partial charge in [0, 0.05) is 5.39 Å². The van der Waals surface area contributed by atoms with Gasteiger partial charge in [0.2, 0.25) is 0 Å². The van der Waals surface area contributed by atoms with Crippen LogP contribution >= 0.6 is 0 Å². The number of hydrogen-bond acceptors (Lipinski definition) is 3. The maximum atomic E-state index is 5.75. The molecule has 3 aromatic carbocycles. The highest BCUT2D eigenvalue weighted by Gasteiger charge is 2.08. The Morgan fingerprint density at radius 1 is 0.690 bits per heavy atom. The lowest BCUT2D eigenvalue weighted by atomic mass is 10.0. The lowest BCUT2D eigenvalue weighted by Gasteiger charge is -2.11. The quantitative estimate of drug-likeness (QED) is 0.392. The molecule has 0 amide bonds. The highest BCUT2D eigenvalue weighted by molar-refractivity contribution is 5.85. The van der Waals surface area contributed by atoms with E-state index in [9.17, 15) is 0 Å². The van der Waals surface area contributed by atoms with E-state index in [1.165, 1.54) is 0 Å². The number of ether oxygens (including phenoxy) is 2. The van der Waals surface area contributed by atoms with E-state index >= 15 is 0 Å². The normalized spacial score (nSPS) is 11.4. The fraction of sp³-hybridized carbons (Fsp3) is 0.240. The summed E-state index contributed by atoms with van der Waals surface area (Å²) in [5.74, 6) is 1.75. The van der Waals surface area contributed by atoms with E-state index in [0.29, 0.717) is 0 Å². The SMILES string of the molecule is CC(C)Oc1ccc(-c2ccc3cnn(-c4ccc(OC(C)C)cc4)c3c2)cc1. The molecule has 0 bridgehead atoms. The summed E-state index contributed by atoms with van der Waals surface area (Å²) in [6.45, 7) is 8.12. The van der Waals surface area contributed by atoms with Gasteiger partial charge in [-0.05, 0) is 81.3 Å². The first-order chi connectivity index (χ1) is 14.0. The van der Waals surface area contributed by atoms with E-state index in [0.717, 1.165) is 39.2 Å². The molecule has 0 spiro atoms. The Balaban J connectivity index is 1.66. The minimum absolute atomic E-state index is 0.159. The zero-order valence-corrected chi connectivity index (χ0v) is 17.3. The van der Waals surface area contributed by atoms with Crippen molar-refractivity contribution in [2.45, 2.75) is 39.9 Å². The number of aromatic nitrogens is 2. The molecule has 148 valence electrons. The van der Waals surface area contributed by atoms with Crippen molar-refractivity contribution in [1.29, 1.82) is 0 Å². The van der Waals surface area contributed by atoms with Crippen molar-refractivity contribution in [3.63, 3.8) is 0 Å². The highest BCUT2D eigenvalue weighted by atomic mass is 16.5. The largest absolute Gasteiger partial charge is 0.491 e. The third-order valence-corrected chi connectivity index (χ3v) is 4.58. The molecular weight excluding hydrogens is 360 g/mol. The first-order valence-electron chi connectivity index (χ1n) is 10.0. The predicted octanol–water partition coefficient (Wildman–Crippen LogP) is 6.27. The molecule has 0 radical (unpaired) electrons. The zero-order chi connectivity index (χ0) is 20.4. The Kier molecular flexibility index (Phi) is 5.26. The van der Waals surface area contributed by atoms with Crippen LogP contribution in [0.15, 0.2) is 72.9 Å².